The maximum Gasteiger partial charge on any atom is 0.123 e. The van der Waals surface area contributed by atoms with Crippen LogP contribution >= 0.6 is 0 Å². The van der Waals surface area contributed by atoms with Gasteiger partial charge in [-0.2, -0.15) is 0 Å². The van der Waals surface area contributed by atoms with Gasteiger partial charge in [0.1, 0.15) is 17.2 Å². The lowest BCUT2D eigenvalue weighted by molar-refractivity contribution is 0.336. The largest absolute Gasteiger partial charge is 0.497 e. The second kappa shape index (κ2) is 7.39. The van der Waals surface area contributed by atoms with Crippen molar-refractivity contribution in [3.05, 3.63) is 53.6 Å². The standard InChI is InChI=1S/C18H20O3/c1-4-21-18-12-15(11-17(13-18)20-3)6-5-14-7-9-16(19-2)10-8-14/h5-13H,4H2,1-3H3/b6-5+. The number of ether oxygens (including phenoxy) is 3. The van der Waals surface area contributed by atoms with Crippen LogP contribution in [0.5, 0.6) is 17.2 Å². The summed E-state index contributed by atoms with van der Waals surface area (Å²) >= 11 is 0. The van der Waals surface area contributed by atoms with Crippen LogP contribution in [0.3, 0.4) is 0 Å². The number of benzene rings is 2. The van der Waals surface area contributed by atoms with Crippen LogP contribution in [0, 0.1) is 0 Å². The topological polar surface area (TPSA) is 27.7 Å². The van der Waals surface area contributed by atoms with Crippen LogP contribution in [-0.2, 0) is 0 Å². The number of rotatable bonds is 6. The summed E-state index contributed by atoms with van der Waals surface area (Å²) in [5, 5.41) is 0. The Hall–Kier alpha value is -2.42. The Bertz CT molecular complexity index is 600. The molecule has 3 heteroatoms. The third-order valence-electron chi connectivity index (χ3n) is 3.03. The molecule has 0 saturated heterocycles. The van der Waals surface area contributed by atoms with Gasteiger partial charge in [0.15, 0.2) is 0 Å². The molecule has 110 valence electrons. The fourth-order valence-corrected chi connectivity index (χ4v) is 1.97. The van der Waals surface area contributed by atoms with E-state index in [9.17, 15) is 0 Å². The highest BCUT2D eigenvalue weighted by atomic mass is 16.5. The Morgan fingerprint density at radius 2 is 1.38 bits per heavy atom. The van der Waals surface area contributed by atoms with Crippen molar-refractivity contribution >= 4 is 12.2 Å². The van der Waals surface area contributed by atoms with Crippen molar-refractivity contribution in [3.8, 4) is 17.2 Å². The quantitative estimate of drug-likeness (QED) is 0.741. The van der Waals surface area contributed by atoms with Crippen molar-refractivity contribution in [3.63, 3.8) is 0 Å². The van der Waals surface area contributed by atoms with Gasteiger partial charge < -0.3 is 14.2 Å². The van der Waals surface area contributed by atoms with Crippen molar-refractivity contribution in [2.24, 2.45) is 0 Å². The van der Waals surface area contributed by atoms with E-state index in [2.05, 4.69) is 0 Å². The number of hydrogen-bond acceptors (Lipinski definition) is 3. The molecule has 0 aliphatic heterocycles. The summed E-state index contributed by atoms with van der Waals surface area (Å²) in [4.78, 5) is 0. The summed E-state index contributed by atoms with van der Waals surface area (Å²) in [6, 6.07) is 13.8. The molecule has 2 rings (SSSR count). The zero-order valence-corrected chi connectivity index (χ0v) is 12.6. The summed E-state index contributed by atoms with van der Waals surface area (Å²) in [5.74, 6) is 2.45. The molecular formula is C18H20O3. The van der Waals surface area contributed by atoms with Crippen LogP contribution in [-0.4, -0.2) is 20.8 Å². The monoisotopic (exact) mass is 284 g/mol. The second-order valence-corrected chi connectivity index (χ2v) is 4.48. The fourth-order valence-electron chi connectivity index (χ4n) is 1.97. The third-order valence-corrected chi connectivity index (χ3v) is 3.03. The van der Waals surface area contributed by atoms with Crippen molar-refractivity contribution in [1.82, 2.24) is 0 Å². The normalized spacial score (nSPS) is 10.6. The van der Waals surface area contributed by atoms with E-state index >= 15 is 0 Å². The summed E-state index contributed by atoms with van der Waals surface area (Å²) in [7, 11) is 3.32. The molecule has 0 atom stereocenters. The SMILES string of the molecule is CCOc1cc(/C=C/c2ccc(OC)cc2)cc(OC)c1. The van der Waals surface area contributed by atoms with Crippen LogP contribution in [0.1, 0.15) is 18.1 Å². The van der Waals surface area contributed by atoms with Gasteiger partial charge in [0.2, 0.25) is 0 Å². The lowest BCUT2D eigenvalue weighted by Crippen LogP contribution is -1.93. The minimum atomic E-state index is 0.634. The molecule has 0 aliphatic carbocycles. The molecule has 0 N–H and O–H groups in total. The van der Waals surface area contributed by atoms with Crippen LogP contribution in [0.4, 0.5) is 0 Å². The van der Waals surface area contributed by atoms with Gasteiger partial charge in [-0.05, 0) is 42.3 Å². The molecular weight excluding hydrogens is 264 g/mol. The van der Waals surface area contributed by atoms with Gasteiger partial charge in [-0.3, -0.25) is 0 Å². The molecule has 2 aromatic rings. The molecule has 0 aliphatic rings. The Labute approximate surface area is 125 Å². The van der Waals surface area contributed by atoms with Crippen molar-refractivity contribution in [1.29, 1.82) is 0 Å². The molecule has 0 bridgehead atoms. The molecule has 3 nitrogen and oxygen atoms in total. The van der Waals surface area contributed by atoms with Crippen LogP contribution in [0.15, 0.2) is 42.5 Å². The van der Waals surface area contributed by atoms with E-state index in [1.807, 2.05) is 61.5 Å². The first-order chi connectivity index (χ1) is 10.2. The van der Waals surface area contributed by atoms with E-state index in [0.29, 0.717) is 6.61 Å². The predicted octanol–water partition coefficient (Wildman–Crippen LogP) is 4.27. The highest BCUT2D eigenvalue weighted by Gasteiger charge is 2.00. The summed E-state index contributed by atoms with van der Waals surface area (Å²) in [6.07, 6.45) is 4.08. The fraction of sp³-hybridized carbons (Fsp3) is 0.222. The summed E-state index contributed by atoms with van der Waals surface area (Å²) < 4.78 is 16.0. The zero-order chi connectivity index (χ0) is 15.1. The first kappa shape index (κ1) is 15.0. The van der Waals surface area contributed by atoms with Gasteiger partial charge in [0, 0.05) is 6.07 Å². The highest BCUT2D eigenvalue weighted by Crippen LogP contribution is 2.24. The van der Waals surface area contributed by atoms with E-state index in [1.54, 1.807) is 14.2 Å². The minimum Gasteiger partial charge on any atom is -0.497 e. The first-order valence-electron chi connectivity index (χ1n) is 6.89. The van der Waals surface area contributed by atoms with Crippen LogP contribution < -0.4 is 14.2 Å². The lowest BCUT2D eigenvalue weighted by Gasteiger charge is -2.07. The van der Waals surface area contributed by atoms with E-state index < -0.39 is 0 Å². The maximum atomic E-state index is 5.54. The highest BCUT2D eigenvalue weighted by molar-refractivity contribution is 5.71. The summed E-state index contributed by atoms with van der Waals surface area (Å²) in [5.41, 5.74) is 2.14. The molecule has 0 radical (unpaired) electrons. The van der Waals surface area contributed by atoms with Crippen LogP contribution in [0.25, 0.3) is 12.2 Å². The Balaban J connectivity index is 2.20. The predicted molar refractivity (Wildman–Crippen MR) is 86.1 cm³/mol. The molecule has 0 fully saturated rings. The zero-order valence-electron chi connectivity index (χ0n) is 12.6. The number of hydrogen-bond donors (Lipinski definition) is 0. The van der Waals surface area contributed by atoms with E-state index in [0.717, 1.165) is 28.4 Å². The molecule has 0 heterocycles. The van der Waals surface area contributed by atoms with E-state index in [4.69, 9.17) is 14.2 Å². The van der Waals surface area contributed by atoms with Gasteiger partial charge in [-0.25, -0.2) is 0 Å². The average Bonchev–Trinajstić information content (AvgIpc) is 2.53. The maximum absolute atomic E-state index is 5.54. The van der Waals surface area contributed by atoms with Gasteiger partial charge >= 0.3 is 0 Å². The van der Waals surface area contributed by atoms with Gasteiger partial charge in [-0.1, -0.05) is 24.3 Å². The van der Waals surface area contributed by atoms with E-state index in [1.165, 1.54) is 0 Å². The molecule has 0 amide bonds. The first-order valence-corrected chi connectivity index (χ1v) is 6.89. The molecule has 0 saturated carbocycles. The average molecular weight is 284 g/mol. The Morgan fingerprint density at radius 1 is 0.762 bits per heavy atom. The van der Waals surface area contributed by atoms with Crippen molar-refractivity contribution in [2.45, 2.75) is 6.92 Å². The molecule has 2 aromatic carbocycles. The van der Waals surface area contributed by atoms with Gasteiger partial charge in [-0.15, -0.1) is 0 Å². The smallest absolute Gasteiger partial charge is 0.123 e. The molecule has 0 spiro atoms. The summed E-state index contributed by atoms with van der Waals surface area (Å²) in [6.45, 7) is 2.60. The number of methoxy groups -OCH3 is 2. The van der Waals surface area contributed by atoms with Crippen molar-refractivity contribution < 1.29 is 14.2 Å². The van der Waals surface area contributed by atoms with Crippen LogP contribution in [0.2, 0.25) is 0 Å². The third kappa shape index (κ3) is 4.28. The molecule has 21 heavy (non-hydrogen) atoms. The second-order valence-electron chi connectivity index (χ2n) is 4.48. The van der Waals surface area contributed by atoms with Gasteiger partial charge in [0.25, 0.3) is 0 Å². The molecule has 0 unspecified atom stereocenters. The van der Waals surface area contributed by atoms with E-state index in [-0.39, 0.29) is 0 Å². The van der Waals surface area contributed by atoms with Crippen molar-refractivity contribution in [2.75, 3.05) is 20.8 Å². The lowest BCUT2D eigenvalue weighted by atomic mass is 10.1. The van der Waals surface area contributed by atoms with Gasteiger partial charge in [0.05, 0.1) is 20.8 Å². The molecule has 0 aromatic heterocycles. The minimum absolute atomic E-state index is 0.634. The Kier molecular flexibility index (Phi) is 5.27. The Morgan fingerprint density at radius 3 is 2.00 bits per heavy atom.